The number of halogens is 2. The van der Waals surface area contributed by atoms with Gasteiger partial charge in [0.15, 0.2) is 0 Å². The number of hydrogen-bond acceptors (Lipinski definition) is 8. The minimum atomic E-state index is -2.76. The minimum Gasteiger partial charge on any atom is -0.478 e. The van der Waals surface area contributed by atoms with Crippen LogP contribution in [0.3, 0.4) is 0 Å². The molecule has 0 spiro atoms. The second kappa shape index (κ2) is 8.00. The summed E-state index contributed by atoms with van der Waals surface area (Å²) in [5.74, 6) is -1.98. The molecular formula is C20H23F2N5O3. The molecule has 0 bridgehead atoms. The first-order chi connectivity index (χ1) is 14.4. The van der Waals surface area contributed by atoms with E-state index < -0.39 is 25.1 Å². The van der Waals surface area contributed by atoms with E-state index in [1.165, 1.54) is 12.0 Å². The van der Waals surface area contributed by atoms with E-state index in [4.69, 9.17) is 9.47 Å². The number of carbonyl (C=O) groups excluding carboxylic acids is 1. The monoisotopic (exact) mass is 419 g/mol. The minimum absolute atomic E-state index is 0.188. The van der Waals surface area contributed by atoms with Gasteiger partial charge in [-0.05, 0) is 25.8 Å². The van der Waals surface area contributed by atoms with Crippen molar-refractivity contribution in [2.75, 3.05) is 43.2 Å². The summed E-state index contributed by atoms with van der Waals surface area (Å²) in [6.07, 6.45) is 1.44. The predicted molar refractivity (Wildman–Crippen MR) is 106 cm³/mol. The number of rotatable bonds is 6. The molecule has 0 N–H and O–H groups in total. The fourth-order valence-electron chi connectivity index (χ4n) is 3.70. The number of alkyl halides is 2. The van der Waals surface area contributed by atoms with Gasteiger partial charge in [0.2, 0.25) is 11.8 Å². The van der Waals surface area contributed by atoms with Crippen LogP contribution in [0.2, 0.25) is 0 Å². The van der Waals surface area contributed by atoms with Gasteiger partial charge in [-0.25, -0.2) is 23.5 Å². The van der Waals surface area contributed by atoms with Gasteiger partial charge in [0.05, 0.1) is 38.2 Å². The summed E-state index contributed by atoms with van der Waals surface area (Å²) >= 11 is 0. The van der Waals surface area contributed by atoms with Crippen LogP contribution in [0.1, 0.15) is 19.8 Å². The summed E-state index contributed by atoms with van der Waals surface area (Å²) in [5.41, 5.74) is 1.01. The van der Waals surface area contributed by atoms with Gasteiger partial charge >= 0.3 is 5.97 Å². The number of aromatic nitrogens is 3. The third kappa shape index (κ3) is 3.99. The molecule has 8 nitrogen and oxygen atoms in total. The van der Waals surface area contributed by atoms with E-state index in [9.17, 15) is 13.6 Å². The lowest BCUT2D eigenvalue weighted by molar-refractivity contribution is -0.141. The summed E-state index contributed by atoms with van der Waals surface area (Å²) in [5, 5.41) is 0. The molecule has 30 heavy (non-hydrogen) atoms. The van der Waals surface area contributed by atoms with Crippen molar-refractivity contribution in [1.82, 2.24) is 15.0 Å². The Hall–Kier alpha value is -3.04. The summed E-state index contributed by atoms with van der Waals surface area (Å²) in [7, 11) is 1.35. The molecule has 0 unspecified atom stereocenters. The van der Waals surface area contributed by atoms with Crippen LogP contribution in [0, 0.1) is 0 Å². The van der Waals surface area contributed by atoms with Crippen LogP contribution in [0.4, 0.5) is 20.5 Å². The van der Waals surface area contributed by atoms with Crippen LogP contribution in [0.5, 0.6) is 5.88 Å². The highest BCUT2D eigenvalue weighted by Crippen LogP contribution is 2.34. The van der Waals surface area contributed by atoms with Crippen molar-refractivity contribution in [3.8, 4) is 17.3 Å². The smallest absolute Gasteiger partial charge is 0.328 e. The van der Waals surface area contributed by atoms with E-state index in [1.807, 2.05) is 11.8 Å². The van der Waals surface area contributed by atoms with Gasteiger partial charge in [-0.1, -0.05) is 6.07 Å². The Labute approximate surface area is 172 Å². The van der Waals surface area contributed by atoms with Gasteiger partial charge in [-0.2, -0.15) is 4.98 Å². The van der Waals surface area contributed by atoms with Crippen LogP contribution in [-0.2, 0) is 9.53 Å². The number of pyridine rings is 1. The molecule has 2 aliphatic heterocycles. The van der Waals surface area contributed by atoms with Gasteiger partial charge in [0.25, 0.3) is 5.92 Å². The average Bonchev–Trinajstić information content (AvgIpc) is 3.21. The maximum absolute atomic E-state index is 13.5. The van der Waals surface area contributed by atoms with Crippen molar-refractivity contribution in [1.29, 1.82) is 0 Å². The third-order valence-corrected chi connectivity index (χ3v) is 5.13. The predicted octanol–water partition coefficient (Wildman–Crippen LogP) is 2.53. The second-order valence-corrected chi connectivity index (χ2v) is 7.29. The number of carbonyl (C=O) groups is 1. The number of ether oxygens (including phenoxy) is 2. The summed E-state index contributed by atoms with van der Waals surface area (Å²) in [6.45, 7) is 2.05. The van der Waals surface area contributed by atoms with Gasteiger partial charge in [0, 0.05) is 18.7 Å². The topological polar surface area (TPSA) is 80.7 Å². The van der Waals surface area contributed by atoms with E-state index in [0.717, 1.165) is 6.42 Å². The van der Waals surface area contributed by atoms with Gasteiger partial charge in [-0.15, -0.1) is 0 Å². The largest absolute Gasteiger partial charge is 0.478 e. The Kier molecular flexibility index (Phi) is 5.40. The zero-order valence-electron chi connectivity index (χ0n) is 16.8. The van der Waals surface area contributed by atoms with Crippen molar-refractivity contribution in [2.45, 2.75) is 31.7 Å². The van der Waals surface area contributed by atoms with E-state index in [1.54, 1.807) is 24.3 Å². The molecule has 1 atom stereocenters. The highest BCUT2D eigenvalue weighted by atomic mass is 19.3. The number of anilines is 2. The summed E-state index contributed by atoms with van der Waals surface area (Å²) in [4.78, 5) is 28.9. The average molecular weight is 419 g/mol. The molecular weight excluding hydrogens is 396 g/mol. The molecule has 2 aliphatic rings. The lowest BCUT2D eigenvalue weighted by Gasteiger charge is -2.39. The molecule has 2 fully saturated rings. The Morgan fingerprint density at radius 1 is 1.23 bits per heavy atom. The summed E-state index contributed by atoms with van der Waals surface area (Å²) in [6, 6.07) is 6.55. The Bertz CT molecular complexity index is 934. The van der Waals surface area contributed by atoms with Crippen LogP contribution in [-0.4, -0.2) is 66.2 Å². The van der Waals surface area contributed by atoms with Crippen LogP contribution < -0.4 is 14.5 Å². The molecule has 0 saturated carbocycles. The van der Waals surface area contributed by atoms with Gasteiger partial charge in [-0.3, -0.25) is 0 Å². The van der Waals surface area contributed by atoms with Gasteiger partial charge < -0.3 is 19.3 Å². The highest BCUT2D eigenvalue weighted by molar-refractivity contribution is 5.80. The molecule has 10 heteroatoms. The maximum atomic E-state index is 13.5. The summed E-state index contributed by atoms with van der Waals surface area (Å²) < 4.78 is 37.3. The van der Waals surface area contributed by atoms with Gasteiger partial charge in [0.1, 0.15) is 11.9 Å². The number of nitrogens with zero attached hydrogens (tertiary/aromatic N) is 5. The van der Waals surface area contributed by atoms with E-state index in [2.05, 4.69) is 15.0 Å². The van der Waals surface area contributed by atoms with Crippen LogP contribution in [0.15, 0.2) is 24.3 Å². The zero-order chi connectivity index (χ0) is 21.3. The molecule has 0 radical (unpaired) electrons. The fourth-order valence-corrected chi connectivity index (χ4v) is 3.70. The first-order valence-corrected chi connectivity index (χ1v) is 9.87. The first-order valence-electron chi connectivity index (χ1n) is 9.87. The van der Waals surface area contributed by atoms with Crippen molar-refractivity contribution in [2.24, 2.45) is 0 Å². The molecule has 2 aromatic heterocycles. The standard InChI is InChI=1S/C20H23F2N5O3/c1-3-30-17-8-4-6-13(23-17)14-10-16(27-9-5-7-15(27)18(28)29-2)25-19(24-14)26-11-20(21,22)12-26/h4,6,8,10,15H,3,5,7,9,11-12H2,1-2H3/t15-/m0/s1. The maximum Gasteiger partial charge on any atom is 0.328 e. The lowest BCUT2D eigenvalue weighted by Crippen LogP contribution is -2.57. The molecule has 0 aromatic carbocycles. The van der Waals surface area contributed by atoms with Crippen molar-refractivity contribution < 1.29 is 23.0 Å². The van der Waals surface area contributed by atoms with Crippen LogP contribution in [0.25, 0.3) is 11.4 Å². The SMILES string of the molecule is CCOc1cccc(-c2cc(N3CCC[C@H]3C(=O)OC)nc(N3CC(F)(F)C3)n2)n1. The van der Waals surface area contributed by atoms with Crippen molar-refractivity contribution in [3.05, 3.63) is 24.3 Å². The van der Waals surface area contributed by atoms with Crippen molar-refractivity contribution in [3.63, 3.8) is 0 Å². The molecule has 0 aliphatic carbocycles. The second-order valence-electron chi connectivity index (χ2n) is 7.29. The molecule has 4 heterocycles. The van der Waals surface area contributed by atoms with E-state index in [-0.39, 0.29) is 11.9 Å². The number of esters is 1. The zero-order valence-corrected chi connectivity index (χ0v) is 16.8. The van der Waals surface area contributed by atoms with Crippen molar-refractivity contribution >= 4 is 17.7 Å². The molecule has 4 rings (SSSR count). The molecule has 0 amide bonds. The Balaban J connectivity index is 1.74. The normalized spacial score (nSPS) is 20.1. The Morgan fingerprint density at radius 2 is 2.03 bits per heavy atom. The number of methoxy groups -OCH3 is 1. The quantitative estimate of drug-likeness (QED) is 0.661. The Morgan fingerprint density at radius 3 is 2.73 bits per heavy atom. The van der Waals surface area contributed by atoms with E-state index >= 15 is 0 Å². The fraction of sp³-hybridized carbons (Fsp3) is 0.500. The first kappa shape index (κ1) is 20.2. The van der Waals surface area contributed by atoms with E-state index in [0.29, 0.717) is 42.7 Å². The number of hydrogen-bond donors (Lipinski definition) is 0. The molecule has 2 saturated heterocycles. The molecule has 160 valence electrons. The lowest BCUT2D eigenvalue weighted by atomic mass is 10.1. The molecule has 2 aromatic rings. The third-order valence-electron chi connectivity index (χ3n) is 5.13. The highest BCUT2D eigenvalue weighted by Gasteiger charge is 2.45. The van der Waals surface area contributed by atoms with Crippen LogP contribution >= 0.6 is 0 Å².